The molecular weight excluding hydrogens is 409 g/mol. The molecule has 0 saturated heterocycles. The van der Waals surface area contributed by atoms with Gasteiger partial charge in [-0.2, -0.15) is 0 Å². The van der Waals surface area contributed by atoms with Crippen molar-refractivity contribution in [3.05, 3.63) is 47.3 Å². The number of aromatic nitrogens is 3. The van der Waals surface area contributed by atoms with Gasteiger partial charge < -0.3 is 14.2 Å². The van der Waals surface area contributed by atoms with E-state index in [-0.39, 0.29) is 5.91 Å². The first-order chi connectivity index (χ1) is 15.4. The second kappa shape index (κ2) is 9.14. The molecule has 170 valence electrons. The molecular formula is C24H30FN5O2. The lowest BCUT2D eigenvalue weighted by molar-refractivity contribution is 0.0787. The Hall–Kier alpha value is -3.16. The van der Waals surface area contributed by atoms with Crippen LogP contribution in [0.15, 0.2) is 28.9 Å². The number of hydrogen-bond acceptors (Lipinski definition) is 5. The van der Waals surface area contributed by atoms with Crippen molar-refractivity contribution >= 4 is 11.8 Å². The first-order valence-electron chi connectivity index (χ1n) is 11.3. The monoisotopic (exact) mass is 439 g/mol. The minimum absolute atomic E-state index is 0.233. The Kier molecular flexibility index (Phi) is 6.30. The zero-order chi connectivity index (χ0) is 22.8. The molecule has 7 nitrogen and oxygen atoms in total. The van der Waals surface area contributed by atoms with Gasteiger partial charge in [0.05, 0.1) is 23.5 Å². The summed E-state index contributed by atoms with van der Waals surface area (Å²) >= 11 is 0. The zero-order valence-electron chi connectivity index (χ0n) is 19.2. The van der Waals surface area contributed by atoms with Gasteiger partial charge in [0.2, 0.25) is 11.8 Å². The van der Waals surface area contributed by atoms with Crippen LogP contribution in [0.4, 0.5) is 10.3 Å². The number of benzene rings is 1. The standard InChI is InChI=1S/C24H30FN5O2/c1-5-7-11-29(12-8-6-2)24-16(3)27-22(32-24)21-20-14-28(4)23(31)18-13-17(25)9-10-19(18)30(20)15-26-21/h9-10,13,15H,5-8,11-12,14H2,1-4H3. The molecule has 0 N–H and O–H groups in total. The Morgan fingerprint density at radius 1 is 1.19 bits per heavy atom. The van der Waals surface area contributed by atoms with Crippen LogP contribution in [0.2, 0.25) is 0 Å². The molecule has 3 heterocycles. The third kappa shape index (κ3) is 4.01. The van der Waals surface area contributed by atoms with Gasteiger partial charge in [-0.15, -0.1) is 0 Å². The SMILES string of the molecule is CCCCN(CCCC)c1oc(-c2ncn3c2CN(C)C(=O)c2cc(F)ccc2-3)nc1C. The van der Waals surface area contributed by atoms with E-state index in [0.29, 0.717) is 29.4 Å². The van der Waals surface area contributed by atoms with Crippen LogP contribution < -0.4 is 4.90 Å². The van der Waals surface area contributed by atoms with Gasteiger partial charge in [-0.1, -0.05) is 26.7 Å². The van der Waals surface area contributed by atoms with E-state index in [1.54, 1.807) is 24.3 Å². The van der Waals surface area contributed by atoms with Crippen molar-refractivity contribution in [2.45, 2.75) is 53.0 Å². The number of imidazole rings is 1. The number of rotatable bonds is 8. The number of aryl methyl sites for hydroxylation is 1. The third-order valence-electron chi connectivity index (χ3n) is 5.87. The van der Waals surface area contributed by atoms with Crippen molar-refractivity contribution in [3.8, 4) is 17.3 Å². The van der Waals surface area contributed by atoms with E-state index in [1.165, 1.54) is 12.1 Å². The van der Waals surface area contributed by atoms with E-state index in [4.69, 9.17) is 9.40 Å². The molecule has 0 fully saturated rings. The fraction of sp³-hybridized carbons (Fsp3) is 0.458. The highest BCUT2D eigenvalue weighted by atomic mass is 19.1. The van der Waals surface area contributed by atoms with E-state index in [9.17, 15) is 9.18 Å². The summed E-state index contributed by atoms with van der Waals surface area (Å²) < 4.78 is 21.9. The average molecular weight is 440 g/mol. The maximum absolute atomic E-state index is 13.8. The van der Waals surface area contributed by atoms with Gasteiger partial charge in [0.1, 0.15) is 23.5 Å². The normalized spacial score (nSPS) is 13.2. The molecule has 0 saturated carbocycles. The molecule has 0 radical (unpaired) electrons. The van der Waals surface area contributed by atoms with Gasteiger partial charge in [-0.25, -0.2) is 14.4 Å². The Labute approximate surface area is 187 Å². The predicted octanol–water partition coefficient (Wildman–Crippen LogP) is 4.97. The maximum atomic E-state index is 13.8. The van der Waals surface area contributed by atoms with E-state index in [2.05, 4.69) is 23.7 Å². The quantitative estimate of drug-likeness (QED) is 0.496. The lowest BCUT2D eigenvalue weighted by atomic mass is 10.1. The smallest absolute Gasteiger partial charge is 0.256 e. The molecule has 2 aromatic heterocycles. The minimum atomic E-state index is -0.443. The molecule has 1 aliphatic heterocycles. The summed E-state index contributed by atoms with van der Waals surface area (Å²) in [7, 11) is 1.70. The van der Waals surface area contributed by atoms with Gasteiger partial charge in [0.25, 0.3) is 5.91 Å². The average Bonchev–Trinajstić information content (AvgIpc) is 3.34. The van der Waals surface area contributed by atoms with Crippen LogP contribution in [-0.2, 0) is 6.54 Å². The Balaban J connectivity index is 1.75. The van der Waals surface area contributed by atoms with E-state index in [0.717, 1.165) is 56.0 Å². The number of hydrogen-bond donors (Lipinski definition) is 0. The second-order valence-corrected chi connectivity index (χ2v) is 8.34. The number of anilines is 1. The maximum Gasteiger partial charge on any atom is 0.256 e. The van der Waals surface area contributed by atoms with Crippen molar-refractivity contribution in [1.29, 1.82) is 0 Å². The third-order valence-corrected chi connectivity index (χ3v) is 5.87. The number of oxazole rings is 1. The Bertz CT molecular complexity index is 1110. The number of unbranched alkanes of at least 4 members (excludes halogenated alkanes) is 2. The summed E-state index contributed by atoms with van der Waals surface area (Å²) in [5.74, 6) is 0.546. The number of halogens is 1. The number of carbonyl (C=O) groups is 1. The minimum Gasteiger partial charge on any atom is -0.418 e. The highest BCUT2D eigenvalue weighted by Crippen LogP contribution is 2.33. The van der Waals surface area contributed by atoms with Crippen LogP contribution in [0, 0.1) is 12.7 Å². The van der Waals surface area contributed by atoms with Crippen LogP contribution in [0.3, 0.4) is 0 Å². The topological polar surface area (TPSA) is 67.4 Å². The summed E-state index contributed by atoms with van der Waals surface area (Å²) in [6.07, 6.45) is 6.03. The van der Waals surface area contributed by atoms with Crippen LogP contribution in [0.1, 0.15) is 61.3 Å². The van der Waals surface area contributed by atoms with Crippen LogP contribution in [-0.4, -0.2) is 45.5 Å². The van der Waals surface area contributed by atoms with Crippen molar-refractivity contribution < 1.29 is 13.6 Å². The summed E-state index contributed by atoms with van der Waals surface area (Å²) in [4.78, 5) is 25.9. The first kappa shape index (κ1) is 22.0. The molecule has 8 heteroatoms. The predicted molar refractivity (Wildman–Crippen MR) is 122 cm³/mol. The van der Waals surface area contributed by atoms with Crippen LogP contribution in [0.25, 0.3) is 17.3 Å². The van der Waals surface area contributed by atoms with Crippen molar-refractivity contribution in [2.75, 3.05) is 25.0 Å². The molecule has 1 aromatic carbocycles. The van der Waals surface area contributed by atoms with Crippen molar-refractivity contribution in [2.24, 2.45) is 0 Å². The van der Waals surface area contributed by atoms with E-state index in [1.807, 2.05) is 11.5 Å². The Morgan fingerprint density at radius 3 is 2.59 bits per heavy atom. The number of fused-ring (bicyclic) bond motifs is 3. The highest BCUT2D eigenvalue weighted by molar-refractivity contribution is 5.98. The number of amides is 1. The summed E-state index contributed by atoms with van der Waals surface area (Å²) in [5.41, 5.74) is 3.12. The van der Waals surface area contributed by atoms with Gasteiger partial charge in [0.15, 0.2) is 0 Å². The zero-order valence-corrected chi connectivity index (χ0v) is 19.2. The lowest BCUT2D eigenvalue weighted by Gasteiger charge is -2.21. The molecule has 3 aromatic rings. The molecule has 0 bridgehead atoms. The fourth-order valence-electron chi connectivity index (χ4n) is 4.10. The van der Waals surface area contributed by atoms with Crippen LogP contribution in [0.5, 0.6) is 0 Å². The molecule has 0 unspecified atom stereocenters. The summed E-state index contributed by atoms with van der Waals surface area (Å²) in [5, 5.41) is 0. The highest BCUT2D eigenvalue weighted by Gasteiger charge is 2.29. The van der Waals surface area contributed by atoms with Gasteiger partial charge in [-0.05, 0) is 38.0 Å². The van der Waals surface area contributed by atoms with Gasteiger partial charge in [-0.3, -0.25) is 9.36 Å². The van der Waals surface area contributed by atoms with Gasteiger partial charge >= 0.3 is 0 Å². The number of carbonyl (C=O) groups excluding carboxylic acids is 1. The first-order valence-corrected chi connectivity index (χ1v) is 11.3. The molecule has 4 rings (SSSR count). The molecule has 32 heavy (non-hydrogen) atoms. The fourth-order valence-corrected chi connectivity index (χ4v) is 4.10. The molecule has 0 atom stereocenters. The van der Waals surface area contributed by atoms with Crippen molar-refractivity contribution in [3.63, 3.8) is 0 Å². The largest absolute Gasteiger partial charge is 0.418 e. The van der Waals surface area contributed by atoms with Crippen molar-refractivity contribution in [1.82, 2.24) is 19.4 Å². The lowest BCUT2D eigenvalue weighted by Crippen LogP contribution is -2.25. The molecule has 1 amide bonds. The van der Waals surface area contributed by atoms with E-state index >= 15 is 0 Å². The van der Waals surface area contributed by atoms with E-state index < -0.39 is 5.82 Å². The molecule has 1 aliphatic rings. The molecule has 0 spiro atoms. The Morgan fingerprint density at radius 2 is 1.91 bits per heavy atom. The van der Waals surface area contributed by atoms with Crippen LogP contribution >= 0.6 is 0 Å². The summed E-state index contributed by atoms with van der Waals surface area (Å²) in [6, 6.07) is 4.24. The number of nitrogens with zero attached hydrogens (tertiary/aromatic N) is 5. The van der Waals surface area contributed by atoms with Gasteiger partial charge in [0, 0.05) is 20.1 Å². The summed E-state index contributed by atoms with van der Waals surface area (Å²) in [6.45, 7) is 8.47. The molecule has 0 aliphatic carbocycles. The second-order valence-electron chi connectivity index (χ2n) is 8.34.